The first kappa shape index (κ1) is 12.9. The van der Waals surface area contributed by atoms with Crippen molar-refractivity contribution in [3.63, 3.8) is 0 Å². The fourth-order valence-corrected chi connectivity index (χ4v) is 4.54. The largest absolute Gasteiger partial charge is 0.381 e. The number of nitrogens with two attached hydrogens (primary N) is 1. The summed E-state index contributed by atoms with van der Waals surface area (Å²) in [7, 11) is -3.63. The maximum atomic E-state index is 12.7. The number of nitrogen functional groups attached to an aromatic ring is 1. The van der Waals surface area contributed by atoms with Gasteiger partial charge in [0.15, 0.2) is 15.8 Å². The number of ether oxygens (including phenoxy) is 1. The number of nitrogens with zero attached hydrogens (tertiary/aromatic N) is 3. The Kier molecular flexibility index (Phi) is 3.21. The molecule has 0 aromatic carbocycles. The summed E-state index contributed by atoms with van der Waals surface area (Å²) in [5, 5.41) is 1.84. The molecule has 1 saturated heterocycles. The minimum absolute atomic E-state index is 0.0528. The predicted octanol–water partition coefficient (Wildman–Crippen LogP) is 0.389. The molecule has 2 aromatic heterocycles. The van der Waals surface area contributed by atoms with Crippen molar-refractivity contribution in [1.29, 1.82) is 0 Å². The van der Waals surface area contributed by atoms with Crippen molar-refractivity contribution in [3.8, 4) is 0 Å². The van der Waals surface area contributed by atoms with Gasteiger partial charge in [0.25, 0.3) is 10.0 Å². The number of hydrogen-bond acceptors (Lipinski definition) is 6. The minimum Gasteiger partial charge on any atom is -0.381 e. The second kappa shape index (κ2) is 4.75. The van der Waals surface area contributed by atoms with Crippen molar-refractivity contribution >= 4 is 32.1 Å². The van der Waals surface area contributed by atoms with Crippen LogP contribution in [0.4, 0.5) is 5.82 Å². The van der Waals surface area contributed by atoms with E-state index >= 15 is 0 Å². The van der Waals surface area contributed by atoms with Crippen LogP contribution in [0.3, 0.4) is 0 Å². The second-order valence-corrected chi connectivity index (χ2v) is 6.95. The quantitative estimate of drug-likeness (QED) is 0.866. The van der Waals surface area contributed by atoms with Crippen molar-refractivity contribution in [3.05, 3.63) is 11.6 Å². The van der Waals surface area contributed by atoms with E-state index in [-0.39, 0.29) is 10.8 Å². The van der Waals surface area contributed by atoms with Crippen molar-refractivity contribution < 1.29 is 13.2 Å². The maximum absolute atomic E-state index is 12.7. The van der Waals surface area contributed by atoms with Crippen LogP contribution in [0.5, 0.6) is 0 Å². The van der Waals surface area contributed by atoms with Crippen LogP contribution >= 0.6 is 11.3 Å². The van der Waals surface area contributed by atoms with Crippen molar-refractivity contribution in [1.82, 2.24) is 13.7 Å². The van der Waals surface area contributed by atoms with Gasteiger partial charge in [0.05, 0.1) is 6.61 Å². The van der Waals surface area contributed by atoms with Crippen LogP contribution in [0.2, 0.25) is 0 Å². The minimum atomic E-state index is -3.63. The summed E-state index contributed by atoms with van der Waals surface area (Å²) in [5.74, 6) is 0.0528. The van der Waals surface area contributed by atoms with Crippen molar-refractivity contribution in [2.24, 2.45) is 0 Å². The molecule has 1 fully saturated rings. The molecule has 3 heterocycles. The SMILES string of the molecule is Nc1nc2sccn2c1S(=O)(=O)N1CCCOCC1. The molecule has 0 aliphatic carbocycles. The third-order valence-corrected chi connectivity index (χ3v) is 5.71. The van der Waals surface area contributed by atoms with Gasteiger partial charge in [-0.3, -0.25) is 4.40 Å². The van der Waals surface area contributed by atoms with Crippen molar-refractivity contribution in [2.75, 3.05) is 32.0 Å². The normalized spacial score (nSPS) is 18.7. The van der Waals surface area contributed by atoms with E-state index in [1.165, 1.54) is 20.0 Å². The first-order valence-corrected chi connectivity index (χ1v) is 8.21. The first-order valence-electron chi connectivity index (χ1n) is 5.89. The lowest BCUT2D eigenvalue weighted by atomic mass is 10.5. The Morgan fingerprint density at radius 3 is 3.05 bits per heavy atom. The molecule has 0 saturated carbocycles. The lowest BCUT2D eigenvalue weighted by molar-refractivity contribution is 0.148. The van der Waals surface area contributed by atoms with Gasteiger partial charge in [-0.25, -0.2) is 13.4 Å². The van der Waals surface area contributed by atoms with Crippen LogP contribution in [0.15, 0.2) is 16.6 Å². The van der Waals surface area contributed by atoms with Crippen LogP contribution in [0, 0.1) is 0 Å². The number of anilines is 1. The van der Waals surface area contributed by atoms with Crippen LogP contribution in [-0.2, 0) is 14.8 Å². The summed E-state index contributed by atoms with van der Waals surface area (Å²) in [6.45, 7) is 1.78. The van der Waals surface area contributed by atoms with Gasteiger partial charge < -0.3 is 10.5 Å². The maximum Gasteiger partial charge on any atom is 0.262 e. The van der Waals surface area contributed by atoms with E-state index in [2.05, 4.69) is 4.98 Å². The highest BCUT2D eigenvalue weighted by Gasteiger charge is 2.31. The number of sulfonamides is 1. The van der Waals surface area contributed by atoms with Crippen molar-refractivity contribution in [2.45, 2.75) is 11.4 Å². The van der Waals surface area contributed by atoms with Crippen LogP contribution in [0.25, 0.3) is 4.96 Å². The summed E-state index contributed by atoms with van der Waals surface area (Å²) in [6.07, 6.45) is 2.36. The summed E-state index contributed by atoms with van der Waals surface area (Å²) < 4.78 is 33.6. The summed E-state index contributed by atoms with van der Waals surface area (Å²) in [6, 6.07) is 0. The molecule has 0 spiro atoms. The fourth-order valence-electron chi connectivity index (χ4n) is 2.12. The average molecular weight is 302 g/mol. The highest BCUT2D eigenvalue weighted by molar-refractivity contribution is 7.89. The highest BCUT2D eigenvalue weighted by Crippen LogP contribution is 2.26. The van der Waals surface area contributed by atoms with E-state index < -0.39 is 10.0 Å². The molecular formula is C10H14N4O3S2. The van der Waals surface area contributed by atoms with Crippen LogP contribution in [-0.4, -0.2) is 48.4 Å². The van der Waals surface area contributed by atoms with Crippen LogP contribution in [0.1, 0.15) is 6.42 Å². The van der Waals surface area contributed by atoms with E-state index in [1.54, 1.807) is 11.6 Å². The van der Waals surface area contributed by atoms with Gasteiger partial charge >= 0.3 is 0 Å². The Balaban J connectivity index is 2.08. The number of rotatable bonds is 2. The zero-order chi connectivity index (χ0) is 13.5. The standard InChI is InChI=1S/C10H14N4O3S2/c11-8-9(14-4-7-18-10(14)12-8)19(15,16)13-2-1-5-17-6-3-13/h4,7H,1-3,5-6,11H2. The van der Waals surface area contributed by atoms with Gasteiger partial charge in [0.1, 0.15) is 0 Å². The third-order valence-electron chi connectivity index (χ3n) is 3.01. The molecule has 7 nitrogen and oxygen atoms in total. The molecule has 0 unspecified atom stereocenters. The Bertz CT molecular complexity index is 683. The van der Waals surface area contributed by atoms with Gasteiger partial charge in [-0.1, -0.05) is 0 Å². The Morgan fingerprint density at radius 2 is 2.21 bits per heavy atom. The molecule has 0 amide bonds. The second-order valence-electron chi connectivity index (χ2n) is 4.23. The van der Waals surface area contributed by atoms with Gasteiger partial charge in [-0.15, -0.1) is 11.3 Å². The molecule has 1 aliphatic rings. The number of aromatic nitrogens is 2. The Morgan fingerprint density at radius 1 is 1.37 bits per heavy atom. The average Bonchev–Trinajstić information content (AvgIpc) is 2.77. The molecule has 0 bridgehead atoms. The zero-order valence-corrected chi connectivity index (χ0v) is 11.8. The summed E-state index contributed by atoms with van der Waals surface area (Å²) >= 11 is 1.35. The lowest BCUT2D eigenvalue weighted by Gasteiger charge is -2.18. The molecule has 9 heteroatoms. The summed E-state index contributed by atoms with van der Waals surface area (Å²) in [5.41, 5.74) is 5.77. The zero-order valence-electron chi connectivity index (χ0n) is 10.2. The summed E-state index contributed by atoms with van der Waals surface area (Å²) in [4.78, 5) is 4.67. The third kappa shape index (κ3) is 2.12. The molecule has 2 aromatic rings. The monoisotopic (exact) mass is 302 g/mol. The van der Waals surface area contributed by atoms with E-state index in [0.29, 0.717) is 37.7 Å². The van der Waals surface area contributed by atoms with E-state index in [0.717, 1.165) is 0 Å². The smallest absolute Gasteiger partial charge is 0.262 e. The first-order chi connectivity index (χ1) is 9.10. The molecular weight excluding hydrogens is 288 g/mol. The lowest BCUT2D eigenvalue weighted by Crippen LogP contribution is -2.34. The molecule has 104 valence electrons. The van der Waals surface area contributed by atoms with E-state index in [1.807, 2.05) is 0 Å². The molecule has 1 aliphatic heterocycles. The van der Waals surface area contributed by atoms with Gasteiger partial charge in [-0.05, 0) is 6.42 Å². The molecule has 19 heavy (non-hydrogen) atoms. The molecule has 0 radical (unpaired) electrons. The Hall–Kier alpha value is -1.16. The highest BCUT2D eigenvalue weighted by atomic mass is 32.2. The van der Waals surface area contributed by atoms with Gasteiger partial charge in [0.2, 0.25) is 0 Å². The van der Waals surface area contributed by atoms with Gasteiger partial charge in [-0.2, -0.15) is 4.31 Å². The fraction of sp³-hybridized carbons (Fsp3) is 0.500. The number of hydrogen-bond donors (Lipinski definition) is 1. The molecule has 2 N–H and O–H groups in total. The predicted molar refractivity (Wildman–Crippen MR) is 71.7 cm³/mol. The van der Waals surface area contributed by atoms with Crippen LogP contribution < -0.4 is 5.73 Å². The van der Waals surface area contributed by atoms with E-state index in [4.69, 9.17) is 10.5 Å². The Labute approximate surface area is 114 Å². The number of imidazole rings is 1. The molecule has 0 atom stereocenters. The van der Waals surface area contributed by atoms with Gasteiger partial charge in [0, 0.05) is 31.3 Å². The topological polar surface area (TPSA) is 89.9 Å². The number of thiazole rings is 1. The van der Waals surface area contributed by atoms with E-state index in [9.17, 15) is 8.42 Å². The number of fused-ring (bicyclic) bond motifs is 1. The molecule has 3 rings (SSSR count).